The first-order valence-electron chi connectivity index (χ1n) is 10.8. The number of nitrogens with zero attached hydrogens (tertiary/aromatic N) is 5. The first-order chi connectivity index (χ1) is 16.0. The van der Waals surface area contributed by atoms with Gasteiger partial charge in [-0.05, 0) is 61.2 Å². The highest BCUT2D eigenvalue weighted by molar-refractivity contribution is 6.30. The van der Waals surface area contributed by atoms with E-state index in [-0.39, 0.29) is 0 Å². The van der Waals surface area contributed by atoms with E-state index in [0.29, 0.717) is 23.1 Å². The van der Waals surface area contributed by atoms with E-state index in [1.165, 1.54) is 0 Å². The van der Waals surface area contributed by atoms with Crippen LogP contribution >= 0.6 is 11.6 Å². The SMILES string of the molecule is COc1cc(/C=C/c2nc3n(n2)CCC[C@@]3(O)c2ccc(Cl)cc2)ccc1-n1cnc(C)c1. The van der Waals surface area contributed by atoms with Gasteiger partial charge in [-0.25, -0.2) is 14.6 Å². The second-order valence-corrected chi connectivity index (χ2v) is 8.61. The molecule has 0 radical (unpaired) electrons. The fraction of sp³-hybridized carbons (Fsp3) is 0.240. The normalized spacial score (nSPS) is 17.9. The number of methoxy groups -OCH3 is 1. The largest absolute Gasteiger partial charge is 0.495 e. The summed E-state index contributed by atoms with van der Waals surface area (Å²) in [6.07, 6.45) is 8.91. The van der Waals surface area contributed by atoms with Gasteiger partial charge in [0.05, 0.1) is 24.8 Å². The highest BCUT2D eigenvalue weighted by Crippen LogP contribution is 2.37. The van der Waals surface area contributed by atoms with Crippen LogP contribution in [0.25, 0.3) is 17.8 Å². The van der Waals surface area contributed by atoms with Gasteiger partial charge < -0.3 is 14.4 Å². The van der Waals surface area contributed by atoms with E-state index in [0.717, 1.165) is 41.2 Å². The maximum absolute atomic E-state index is 11.5. The van der Waals surface area contributed by atoms with E-state index in [2.05, 4.69) is 15.1 Å². The molecule has 1 N–H and O–H groups in total. The zero-order chi connectivity index (χ0) is 23.0. The molecule has 0 amide bonds. The number of rotatable bonds is 5. The number of benzene rings is 2. The molecule has 33 heavy (non-hydrogen) atoms. The number of ether oxygens (including phenoxy) is 1. The molecule has 0 saturated heterocycles. The van der Waals surface area contributed by atoms with Crippen LogP contribution in [0.2, 0.25) is 5.02 Å². The van der Waals surface area contributed by atoms with E-state index in [4.69, 9.17) is 16.3 Å². The molecular formula is C25H24ClN5O2. The van der Waals surface area contributed by atoms with Crippen LogP contribution in [0.5, 0.6) is 5.75 Å². The molecule has 0 bridgehead atoms. The van der Waals surface area contributed by atoms with Gasteiger partial charge in [-0.15, -0.1) is 0 Å². The predicted octanol–water partition coefficient (Wildman–Crippen LogP) is 4.63. The summed E-state index contributed by atoms with van der Waals surface area (Å²) in [6.45, 7) is 2.67. The Bertz CT molecular complexity index is 1330. The first kappa shape index (κ1) is 21.4. The van der Waals surface area contributed by atoms with Crippen LogP contribution in [-0.2, 0) is 12.1 Å². The van der Waals surface area contributed by atoms with Crippen molar-refractivity contribution >= 4 is 23.8 Å². The second-order valence-electron chi connectivity index (χ2n) is 8.17. The van der Waals surface area contributed by atoms with Crippen LogP contribution in [0.15, 0.2) is 55.0 Å². The molecular weight excluding hydrogens is 438 g/mol. The molecule has 168 valence electrons. The Hall–Kier alpha value is -3.42. The summed E-state index contributed by atoms with van der Waals surface area (Å²) in [5.41, 5.74) is 2.39. The molecule has 0 unspecified atom stereocenters. The summed E-state index contributed by atoms with van der Waals surface area (Å²) in [5, 5.41) is 16.7. The van der Waals surface area contributed by atoms with Crippen LogP contribution in [0.4, 0.5) is 0 Å². The van der Waals surface area contributed by atoms with E-state index in [9.17, 15) is 5.11 Å². The molecule has 0 saturated carbocycles. The fourth-order valence-electron chi connectivity index (χ4n) is 4.22. The lowest BCUT2D eigenvalue weighted by Gasteiger charge is -2.31. The molecule has 0 aliphatic carbocycles. The number of aryl methyl sites for hydroxylation is 2. The van der Waals surface area contributed by atoms with Crippen LogP contribution in [0.3, 0.4) is 0 Å². The van der Waals surface area contributed by atoms with Crippen molar-refractivity contribution in [2.75, 3.05) is 7.11 Å². The quantitative estimate of drug-likeness (QED) is 0.468. The summed E-state index contributed by atoms with van der Waals surface area (Å²) in [4.78, 5) is 8.95. The lowest BCUT2D eigenvalue weighted by atomic mass is 9.86. The van der Waals surface area contributed by atoms with Crippen molar-refractivity contribution in [2.24, 2.45) is 0 Å². The number of halogens is 1. The fourth-order valence-corrected chi connectivity index (χ4v) is 4.35. The highest BCUT2D eigenvalue weighted by Gasteiger charge is 2.39. The minimum atomic E-state index is -1.18. The van der Waals surface area contributed by atoms with Gasteiger partial charge in [-0.1, -0.05) is 35.9 Å². The molecule has 3 heterocycles. The van der Waals surface area contributed by atoms with E-state index in [1.807, 2.05) is 60.2 Å². The molecule has 5 rings (SSSR count). The molecule has 1 aliphatic heterocycles. The maximum atomic E-state index is 11.5. The van der Waals surface area contributed by atoms with Crippen molar-refractivity contribution in [3.05, 3.63) is 88.5 Å². The van der Waals surface area contributed by atoms with Gasteiger partial charge in [0.1, 0.15) is 11.4 Å². The van der Waals surface area contributed by atoms with Crippen molar-refractivity contribution in [3.8, 4) is 11.4 Å². The van der Waals surface area contributed by atoms with Gasteiger partial charge in [0.15, 0.2) is 11.6 Å². The molecule has 2 aromatic carbocycles. The summed E-state index contributed by atoms with van der Waals surface area (Å²) in [6, 6.07) is 13.2. The molecule has 0 fully saturated rings. The predicted molar refractivity (Wildman–Crippen MR) is 127 cm³/mol. The lowest BCUT2D eigenvalue weighted by molar-refractivity contribution is 0.0395. The molecule has 8 heteroatoms. The van der Waals surface area contributed by atoms with Gasteiger partial charge in [-0.3, -0.25) is 0 Å². The summed E-state index contributed by atoms with van der Waals surface area (Å²) in [7, 11) is 1.65. The number of imidazole rings is 1. The number of hydrogen-bond donors (Lipinski definition) is 1. The zero-order valence-corrected chi connectivity index (χ0v) is 19.2. The number of hydrogen-bond acceptors (Lipinski definition) is 5. The molecule has 7 nitrogen and oxygen atoms in total. The van der Waals surface area contributed by atoms with Crippen molar-refractivity contribution in [3.63, 3.8) is 0 Å². The Morgan fingerprint density at radius 2 is 1.97 bits per heavy atom. The smallest absolute Gasteiger partial charge is 0.174 e. The average Bonchev–Trinajstić information content (AvgIpc) is 3.45. The van der Waals surface area contributed by atoms with Gasteiger partial charge in [0, 0.05) is 17.8 Å². The second kappa shape index (κ2) is 8.50. The zero-order valence-electron chi connectivity index (χ0n) is 18.4. The molecule has 2 aromatic heterocycles. The van der Waals surface area contributed by atoms with Crippen LogP contribution in [0, 0.1) is 6.92 Å². The molecule has 1 aliphatic rings. The molecule has 1 atom stereocenters. The van der Waals surface area contributed by atoms with Crippen LogP contribution in [-0.4, -0.2) is 36.5 Å². The number of aliphatic hydroxyl groups is 1. The van der Waals surface area contributed by atoms with Gasteiger partial charge in [0.25, 0.3) is 0 Å². The number of aromatic nitrogens is 5. The third kappa shape index (κ3) is 4.05. The van der Waals surface area contributed by atoms with E-state index in [1.54, 1.807) is 30.3 Å². The van der Waals surface area contributed by atoms with E-state index >= 15 is 0 Å². The van der Waals surface area contributed by atoms with Gasteiger partial charge in [-0.2, -0.15) is 5.10 Å². The monoisotopic (exact) mass is 461 g/mol. The Morgan fingerprint density at radius 3 is 2.70 bits per heavy atom. The third-order valence-electron chi connectivity index (χ3n) is 5.91. The van der Waals surface area contributed by atoms with Crippen molar-refractivity contribution < 1.29 is 9.84 Å². The average molecular weight is 462 g/mol. The van der Waals surface area contributed by atoms with Gasteiger partial charge in [0.2, 0.25) is 0 Å². The summed E-state index contributed by atoms with van der Waals surface area (Å²) in [5.74, 6) is 1.84. The minimum absolute atomic E-state index is 0.549. The Morgan fingerprint density at radius 1 is 1.15 bits per heavy atom. The van der Waals surface area contributed by atoms with Crippen LogP contribution < -0.4 is 4.74 Å². The standard InChI is InChI=1S/C25H24ClN5O2/c1-17-15-30(16-27-17)21-10-4-18(14-22(21)33-2)5-11-23-28-24-25(32,12-3-13-31(24)29-23)19-6-8-20(26)9-7-19/h4-11,14-16,32H,3,12-13H2,1-2H3/b11-5+/t25-/m1/s1. The lowest BCUT2D eigenvalue weighted by Crippen LogP contribution is -2.35. The Kier molecular flexibility index (Phi) is 5.52. The van der Waals surface area contributed by atoms with Crippen molar-refractivity contribution in [2.45, 2.75) is 31.9 Å². The first-order valence-corrected chi connectivity index (χ1v) is 11.1. The van der Waals surface area contributed by atoms with Gasteiger partial charge >= 0.3 is 0 Å². The molecule has 4 aromatic rings. The highest BCUT2D eigenvalue weighted by atomic mass is 35.5. The van der Waals surface area contributed by atoms with E-state index < -0.39 is 5.60 Å². The summed E-state index contributed by atoms with van der Waals surface area (Å²) < 4.78 is 9.32. The number of fused-ring (bicyclic) bond motifs is 1. The topological polar surface area (TPSA) is 78.0 Å². The molecule has 0 spiro atoms. The Labute approximate surface area is 197 Å². The Balaban J connectivity index is 1.43. The third-order valence-corrected chi connectivity index (χ3v) is 6.16. The minimum Gasteiger partial charge on any atom is -0.495 e. The van der Waals surface area contributed by atoms with Crippen LogP contribution in [0.1, 0.15) is 41.3 Å². The maximum Gasteiger partial charge on any atom is 0.174 e. The van der Waals surface area contributed by atoms with Crippen molar-refractivity contribution in [1.29, 1.82) is 0 Å². The summed E-state index contributed by atoms with van der Waals surface area (Å²) >= 11 is 6.03. The van der Waals surface area contributed by atoms with Crippen molar-refractivity contribution in [1.82, 2.24) is 24.3 Å².